The third kappa shape index (κ3) is 3.56. The third-order valence-electron chi connectivity index (χ3n) is 3.30. The molecule has 0 spiro atoms. The Morgan fingerprint density at radius 2 is 2.17 bits per heavy atom. The van der Waals surface area contributed by atoms with E-state index in [0.29, 0.717) is 13.2 Å². The van der Waals surface area contributed by atoms with Gasteiger partial charge in [0.2, 0.25) is 5.91 Å². The summed E-state index contributed by atoms with van der Waals surface area (Å²) in [5, 5.41) is 3.08. The molecule has 0 radical (unpaired) electrons. The van der Waals surface area contributed by atoms with Crippen LogP contribution in [0.3, 0.4) is 0 Å². The zero-order chi connectivity index (χ0) is 13.0. The van der Waals surface area contributed by atoms with E-state index in [1.54, 1.807) is 0 Å². The van der Waals surface area contributed by atoms with E-state index < -0.39 is 0 Å². The molecule has 0 aromatic heterocycles. The summed E-state index contributed by atoms with van der Waals surface area (Å²) >= 11 is 3.44. The number of hydrogen-bond donors (Lipinski definition) is 1. The van der Waals surface area contributed by atoms with Crippen LogP contribution in [0.15, 0.2) is 28.7 Å². The van der Waals surface area contributed by atoms with Crippen molar-refractivity contribution < 1.29 is 9.53 Å². The van der Waals surface area contributed by atoms with Gasteiger partial charge in [-0.3, -0.25) is 4.79 Å². The Morgan fingerprint density at radius 3 is 2.83 bits per heavy atom. The molecule has 1 aromatic carbocycles. The fourth-order valence-corrected chi connectivity index (χ4v) is 2.57. The van der Waals surface area contributed by atoms with Gasteiger partial charge in [-0.2, -0.15) is 0 Å². The fourth-order valence-electron chi connectivity index (χ4n) is 2.15. The van der Waals surface area contributed by atoms with Crippen molar-refractivity contribution in [2.24, 2.45) is 5.92 Å². The van der Waals surface area contributed by atoms with Gasteiger partial charge in [0, 0.05) is 23.6 Å². The van der Waals surface area contributed by atoms with E-state index in [-0.39, 0.29) is 17.9 Å². The monoisotopic (exact) mass is 311 g/mol. The number of carbonyl (C=O) groups excluding carboxylic acids is 1. The highest BCUT2D eigenvalue weighted by Crippen LogP contribution is 2.20. The zero-order valence-corrected chi connectivity index (χ0v) is 12.1. The minimum atomic E-state index is 0.0397. The highest BCUT2D eigenvalue weighted by atomic mass is 79.9. The van der Waals surface area contributed by atoms with Crippen LogP contribution in [-0.4, -0.2) is 19.1 Å². The standard InChI is InChI=1S/C14H18BrNO2/c1-10(12-3-2-4-13(15)9-12)16-14(17)11-5-7-18-8-6-11/h2-4,9-11H,5-8H2,1H3,(H,16,17). The number of benzene rings is 1. The van der Waals surface area contributed by atoms with Gasteiger partial charge in [-0.05, 0) is 37.5 Å². The Kier molecular flexibility index (Phi) is 4.78. The number of halogens is 1. The summed E-state index contributed by atoms with van der Waals surface area (Å²) in [7, 11) is 0. The Hall–Kier alpha value is -0.870. The number of hydrogen-bond acceptors (Lipinski definition) is 2. The Labute approximate surface area is 116 Å². The van der Waals surface area contributed by atoms with Crippen LogP contribution < -0.4 is 5.32 Å². The van der Waals surface area contributed by atoms with Gasteiger partial charge in [-0.25, -0.2) is 0 Å². The molecule has 1 saturated heterocycles. The zero-order valence-electron chi connectivity index (χ0n) is 10.5. The molecule has 1 unspecified atom stereocenters. The maximum absolute atomic E-state index is 12.1. The van der Waals surface area contributed by atoms with E-state index in [1.165, 1.54) is 0 Å². The number of ether oxygens (including phenoxy) is 1. The number of amides is 1. The molecule has 1 atom stereocenters. The topological polar surface area (TPSA) is 38.3 Å². The quantitative estimate of drug-likeness (QED) is 0.931. The Bertz CT molecular complexity index is 416. The highest BCUT2D eigenvalue weighted by Gasteiger charge is 2.22. The van der Waals surface area contributed by atoms with Crippen LogP contribution in [0.4, 0.5) is 0 Å². The Balaban J connectivity index is 1.94. The van der Waals surface area contributed by atoms with Crippen molar-refractivity contribution in [1.82, 2.24) is 5.32 Å². The molecule has 98 valence electrons. The molecule has 1 N–H and O–H groups in total. The van der Waals surface area contributed by atoms with Gasteiger partial charge < -0.3 is 10.1 Å². The van der Waals surface area contributed by atoms with Crippen LogP contribution in [0.2, 0.25) is 0 Å². The van der Waals surface area contributed by atoms with Crippen LogP contribution in [0.1, 0.15) is 31.4 Å². The first-order valence-corrected chi connectivity index (χ1v) is 7.09. The fraction of sp³-hybridized carbons (Fsp3) is 0.500. The normalized spacial score (nSPS) is 18.3. The second-order valence-electron chi connectivity index (χ2n) is 4.67. The lowest BCUT2D eigenvalue weighted by Gasteiger charge is -2.23. The smallest absolute Gasteiger partial charge is 0.223 e. The minimum Gasteiger partial charge on any atom is -0.381 e. The molecule has 1 aliphatic heterocycles. The summed E-state index contributed by atoms with van der Waals surface area (Å²) in [6.45, 7) is 3.41. The molecule has 0 aliphatic carbocycles. The van der Waals surface area contributed by atoms with E-state index in [1.807, 2.05) is 31.2 Å². The van der Waals surface area contributed by atoms with E-state index in [0.717, 1.165) is 22.9 Å². The van der Waals surface area contributed by atoms with Crippen molar-refractivity contribution in [2.75, 3.05) is 13.2 Å². The van der Waals surface area contributed by atoms with E-state index in [2.05, 4.69) is 21.2 Å². The van der Waals surface area contributed by atoms with Crippen molar-refractivity contribution in [2.45, 2.75) is 25.8 Å². The van der Waals surface area contributed by atoms with Crippen LogP contribution in [-0.2, 0) is 9.53 Å². The SMILES string of the molecule is CC(NC(=O)C1CCOCC1)c1cccc(Br)c1. The molecule has 1 aromatic rings. The lowest BCUT2D eigenvalue weighted by Crippen LogP contribution is -2.35. The molecule has 4 heteroatoms. The molecule has 1 aliphatic rings. The van der Waals surface area contributed by atoms with Crippen LogP contribution in [0.25, 0.3) is 0 Å². The van der Waals surface area contributed by atoms with Crippen molar-refractivity contribution in [3.8, 4) is 0 Å². The first kappa shape index (κ1) is 13.6. The molecule has 1 fully saturated rings. The maximum Gasteiger partial charge on any atom is 0.223 e. The summed E-state index contributed by atoms with van der Waals surface area (Å²) in [5.41, 5.74) is 1.12. The molecule has 3 nitrogen and oxygen atoms in total. The van der Waals surface area contributed by atoms with Gasteiger partial charge in [0.1, 0.15) is 0 Å². The van der Waals surface area contributed by atoms with Gasteiger partial charge in [0.25, 0.3) is 0 Å². The van der Waals surface area contributed by atoms with Gasteiger partial charge >= 0.3 is 0 Å². The predicted octanol–water partition coefficient (Wildman–Crippen LogP) is 3.05. The maximum atomic E-state index is 12.1. The summed E-state index contributed by atoms with van der Waals surface area (Å²) in [5.74, 6) is 0.249. The second-order valence-corrected chi connectivity index (χ2v) is 5.59. The largest absolute Gasteiger partial charge is 0.381 e. The summed E-state index contributed by atoms with van der Waals surface area (Å²) in [4.78, 5) is 12.1. The Morgan fingerprint density at radius 1 is 1.44 bits per heavy atom. The first-order valence-electron chi connectivity index (χ1n) is 6.30. The molecule has 18 heavy (non-hydrogen) atoms. The number of nitrogens with one attached hydrogen (secondary N) is 1. The van der Waals surface area contributed by atoms with Crippen LogP contribution >= 0.6 is 15.9 Å². The average molecular weight is 312 g/mol. The molecule has 1 heterocycles. The first-order chi connectivity index (χ1) is 8.66. The lowest BCUT2D eigenvalue weighted by atomic mass is 9.98. The predicted molar refractivity (Wildman–Crippen MR) is 74.2 cm³/mol. The van der Waals surface area contributed by atoms with Crippen molar-refractivity contribution in [3.63, 3.8) is 0 Å². The summed E-state index contributed by atoms with van der Waals surface area (Å²) in [6.07, 6.45) is 1.66. The van der Waals surface area contributed by atoms with Crippen LogP contribution in [0, 0.1) is 5.92 Å². The molecular weight excluding hydrogens is 294 g/mol. The minimum absolute atomic E-state index is 0.0397. The van der Waals surface area contributed by atoms with Crippen molar-refractivity contribution in [1.29, 1.82) is 0 Å². The second kappa shape index (κ2) is 6.34. The van der Waals surface area contributed by atoms with Gasteiger partial charge in [0.05, 0.1) is 6.04 Å². The number of carbonyl (C=O) groups is 1. The highest BCUT2D eigenvalue weighted by molar-refractivity contribution is 9.10. The van der Waals surface area contributed by atoms with Gasteiger partial charge in [0.15, 0.2) is 0 Å². The van der Waals surface area contributed by atoms with Crippen molar-refractivity contribution >= 4 is 21.8 Å². The molecule has 1 amide bonds. The molecule has 0 saturated carbocycles. The third-order valence-corrected chi connectivity index (χ3v) is 3.79. The average Bonchev–Trinajstić information content (AvgIpc) is 2.39. The lowest BCUT2D eigenvalue weighted by molar-refractivity contribution is -0.128. The molecule has 0 bridgehead atoms. The number of rotatable bonds is 3. The summed E-state index contributed by atoms with van der Waals surface area (Å²) < 4.78 is 6.30. The van der Waals surface area contributed by atoms with Gasteiger partial charge in [-0.1, -0.05) is 28.1 Å². The summed E-state index contributed by atoms with van der Waals surface area (Å²) in [6, 6.07) is 8.07. The molecular formula is C14H18BrNO2. The van der Waals surface area contributed by atoms with Crippen LogP contribution in [0.5, 0.6) is 0 Å². The van der Waals surface area contributed by atoms with Crippen molar-refractivity contribution in [3.05, 3.63) is 34.3 Å². The van der Waals surface area contributed by atoms with E-state index in [9.17, 15) is 4.79 Å². The van der Waals surface area contributed by atoms with Gasteiger partial charge in [-0.15, -0.1) is 0 Å². The molecule has 2 rings (SSSR count). The van der Waals surface area contributed by atoms with E-state index in [4.69, 9.17) is 4.74 Å². The van der Waals surface area contributed by atoms with E-state index >= 15 is 0 Å².